The van der Waals surface area contributed by atoms with Crippen LogP contribution in [0.25, 0.3) is 0 Å². The summed E-state index contributed by atoms with van der Waals surface area (Å²) in [5.74, 6) is -0.0337. The van der Waals surface area contributed by atoms with Crippen LogP contribution in [-0.4, -0.2) is 54.9 Å². The van der Waals surface area contributed by atoms with Crippen molar-refractivity contribution in [3.63, 3.8) is 0 Å². The Hall–Kier alpha value is -1.49. The summed E-state index contributed by atoms with van der Waals surface area (Å²) in [6.07, 6.45) is 1.62. The van der Waals surface area contributed by atoms with Crippen molar-refractivity contribution in [2.75, 3.05) is 40.0 Å². The third-order valence-electron chi connectivity index (χ3n) is 2.17. The van der Waals surface area contributed by atoms with Crippen LogP contribution in [0.2, 0.25) is 0 Å². The van der Waals surface area contributed by atoms with E-state index >= 15 is 0 Å². The number of H-pyrrole nitrogens is 1. The van der Waals surface area contributed by atoms with E-state index in [4.69, 9.17) is 5.73 Å². The van der Waals surface area contributed by atoms with Gasteiger partial charge >= 0.3 is 0 Å². The number of aromatic nitrogens is 1. The topological polar surface area (TPSA) is 65.4 Å². The number of nitrogen functional groups attached to an aromatic ring is 1. The predicted octanol–water partition coefficient (Wildman–Crippen LogP) is 0.231. The first-order chi connectivity index (χ1) is 7.00. The fourth-order valence-corrected chi connectivity index (χ4v) is 1.19. The van der Waals surface area contributed by atoms with Crippen LogP contribution in [0, 0.1) is 0 Å². The number of amides is 1. The van der Waals surface area contributed by atoms with Crippen molar-refractivity contribution in [3.8, 4) is 0 Å². The molecule has 84 valence electrons. The number of hydrogen-bond acceptors (Lipinski definition) is 3. The first-order valence-electron chi connectivity index (χ1n) is 4.85. The quantitative estimate of drug-likeness (QED) is 0.747. The third-order valence-corrected chi connectivity index (χ3v) is 2.17. The normalized spacial score (nSPS) is 10.7. The van der Waals surface area contributed by atoms with Gasteiger partial charge in [0.05, 0.1) is 0 Å². The molecule has 1 aromatic rings. The molecule has 3 N–H and O–H groups in total. The Morgan fingerprint density at radius 3 is 2.53 bits per heavy atom. The number of carbonyl (C=O) groups excluding carboxylic acids is 1. The highest BCUT2D eigenvalue weighted by atomic mass is 16.2. The van der Waals surface area contributed by atoms with E-state index in [0.29, 0.717) is 17.9 Å². The minimum Gasteiger partial charge on any atom is -0.397 e. The van der Waals surface area contributed by atoms with Gasteiger partial charge in [0.25, 0.3) is 5.91 Å². The zero-order chi connectivity index (χ0) is 11.4. The molecule has 1 heterocycles. The average Bonchev–Trinajstić information content (AvgIpc) is 2.60. The molecule has 1 rings (SSSR count). The van der Waals surface area contributed by atoms with Gasteiger partial charge in [-0.1, -0.05) is 0 Å². The second-order valence-electron chi connectivity index (χ2n) is 3.88. The van der Waals surface area contributed by atoms with Crippen LogP contribution in [0.3, 0.4) is 0 Å². The number of aromatic amines is 1. The largest absolute Gasteiger partial charge is 0.397 e. The molecule has 15 heavy (non-hydrogen) atoms. The summed E-state index contributed by atoms with van der Waals surface area (Å²) in [5.41, 5.74) is 6.65. The molecule has 0 bridgehead atoms. The molecule has 0 aromatic carbocycles. The fraction of sp³-hybridized carbons (Fsp3) is 0.500. The maximum absolute atomic E-state index is 11.8. The first-order valence-corrected chi connectivity index (χ1v) is 4.85. The molecule has 0 aliphatic heterocycles. The van der Waals surface area contributed by atoms with E-state index in [2.05, 4.69) is 4.98 Å². The average molecular weight is 210 g/mol. The summed E-state index contributed by atoms with van der Waals surface area (Å²) < 4.78 is 0. The lowest BCUT2D eigenvalue weighted by molar-refractivity contribution is 0.0781. The van der Waals surface area contributed by atoms with Crippen molar-refractivity contribution < 1.29 is 4.79 Å². The van der Waals surface area contributed by atoms with Crippen molar-refractivity contribution in [2.45, 2.75) is 0 Å². The molecular weight excluding hydrogens is 192 g/mol. The lowest BCUT2D eigenvalue weighted by Gasteiger charge is -2.18. The van der Waals surface area contributed by atoms with Crippen LogP contribution < -0.4 is 5.73 Å². The Morgan fingerprint density at radius 2 is 2.07 bits per heavy atom. The Balaban J connectivity index is 2.53. The van der Waals surface area contributed by atoms with E-state index in [0.717, 1.165) is 6.54 Å². The summed E-state index contributed by atoms with van der Waals surface area (Å²) in [5, 5.41) is 0. The Morgan fingerprint density at radius 1 is 1.40 bits per heavy atom. The van der Waals surface area contributed by atoms with E-state index in [1.807, 2.05) is 19.0 Å². The highest BCUT2D eigenvalue weighted by molar-refractivity contribution is 5.93. The molecule has 5 heteroatoms. The molecule has 5 nitrogen and oxygen atoms in total. The summed E-state index contributed by atoms with van der Waals surface area (Å²) >= 11 is 0. The SMILES string of the molecule is CN(C)CCN(C)C(=O)c1cc(N)c[nH]1. The van der Waals surface area contributed by atoms with Crippen LogP contribution in [0.15, 0.2) is 12.3 Å². The summed E-state index contributed by atoms with van der Waals surface area (Å²) in [4.78, 5) is 18.3. The number of nitrogens with one attached hydrogen (secondary N) is 1. The molecule has 0 aliphatic rings. The second kappa shape index (κ2) is 4.84. The van der Waals surface area contributed by atoms with Crippen molar-refractivity contribution in [1.82, 2.24) is 14.8 Å². The number of nitrogens with zero attached hydrogens (tertiary/aromatic N) is 2. The summed E-state index contributed by atoms with van der Waals surface area (Å²) in [6.45, 7) is 1.54. The van der Waals surface area contributed by atoms with Crippen molar-refractivity contribution >= 4 is 11.6 Å². The minimum absolute atomic E-state index is 0.0337. The Bertz CT molecular complexity index is 332. The van der Waals surface area contributed by atoms with E-state index in [-0.39, 0.29) is 5.91 Å². The van der Waals surface area contributed by atoms with Gasteiger partial charge < -0.3 is 20.5 Å². The molecule has 0 aliphatic carbocycles. The van der Waals surface area contributed by atoms with E-state index in [1.54, 1.807) is 24.2 Å². The molecule has 0 saturated carbocycles. The van der Waals surface area contributed by atoms with Gasteiger partial charge in [0, 0.05) is 32.0 Å². The molecule has 0 atom stereocenters. The zero-order valence-electron chi connectivity index (χ0n) is 9.45. The predicted molar refractivity (Wildman–Crippen MR) is 60.7 cm³/mol. The van der Waals surface area contributed by atoms with Crippen LogP contribution >= 0.6 is 0 Å². The van der Waals surface area contributed by atoms with E-state index in [1.165, 1.54) is 0 Å². The van der Waals surface area contributed by atoms with E-state index in [9.17, 15) is 4.79 Å². The molecule has 1 aromatic heterocycles. The monoisotopic (exact) mass is 210 g/mol. The molecule has 0 radical (unpaired) electrons. The number of likely N-dealkylation sites (N-methyl/N-ethyl adjacent to an activating group) is 2. The zero-order valence-corrected chi connectivity index (χ0v) is 9.45. The lowest BCUT2D eigenvalue weighted by Crippen LogP contribution is -2.33. The highest BCUT2D eigenvalue weighted by Crippen LogP contribution is 2.06. The minimum atomic E-state index is -0.0337. The molecule has 0 saturated heterocycles. The lowest BCUT2D eigenvalue weighted by atomic mass is 10.3. The van der Waals surface area contributed by atoms with Gasteiger partial charge in [0.1, 0.15) is 5.69 Å². The van der Waals surface area contributed by atoms with Gasteiger partial charge in [-0.25, -0.2) is 0 Å². The number of carbonyl (C=O) groups is 1. The van der Waals surface area contributed by atoms with Crippen LogP contribution in [-0.2, 0) is 0 Å². The van der Waals surface area contributed by atoms with Gasteiger partial charge in [-0.3, -0.25) is 4.79 Å². The van der Waals surface area contributed by atoms with Gasteiger partial charge in [-0.2, -0.15) is 0 Å². The molecule has 0 unspecified atom stereocenters. The van der Waals surface area contributed by atoms with Gasteiger partial charge in [0.15, 0.2) is 0 Å². The molecule has 0 fully saturated rings. The van der Waals surface area contributed by atoms with Crippen LogP contribution in [0.4, 0.5) is 5.69 Å². The number of nitrogens with two attached hydrogens (primary N) is 1. The highest BCUT2D eigenvalue weighted by Gasteiger charge is 2.12. The van der Waals surface area contributed by atoms with Gasteiger partial charge in [0.2, 0.25) is 0 Å². The maximum Gasteiger partial charge on any atom is 0.270 e. The maximum atomic E-state index is 11.8. The second-order valence-corrected chi connectivity index (χ2v) is 3.88. The Labute approximate surface area is 89.9 Å². The molecule has 1 amide bonds. The third kappa shape index (κ3) is 3.28. The first kappa shape index (κ1) is 11.6. The summed E-state index contributed by atoms with van der Waals surface area (Å²) in [6, 6.07) is 1.65. The summed E-state index contributed by atoms with van der Waals surface area (Å²) in [7, 11) is 5.73. The fourth-order valence-electron chi connectivity index (χ4n) is 1.19. The number of hydrogen-bond donors (Lipinski definition) is 2. The van der Waals surface area contributed by atoms with Crippen molar-refractivity contribution in [3.05, 3.63) is 18.0 Å². The van der Waals surface area contributed by atoms with E-state index < -0.39 is 0 Å². The van der Waals surface area contributed by atoms with Crippen LogP contribution in [0.1, 0.15) is 10.5 Å². The van der Waals surface area contributed by atoms with Crippen LogP contribution in [0.5, 0.6) is 0 Å². The van der Waals surface area contributed by atoms with Gasteiger partial charge in [-0.15, -0.1) is 0 Å². The molecular formula is C10H18N4O. The number of rotatable bonds is 4. The van der Waals surface area contributed by atoms with Gasteiger partial charge in [-0.05, 0) is 20.2 Å². The smallest absolute Gasteiger partial charge is 0.270 e. The Kier molecular flexibility index (Phi) is 3.74. The number of anilines is 1. The van der Waals surface area contributed by atoms with Crippen molar-refractivity contribution in [1.29, 1.82) is 0 Å². The van der Waals surface area contributed by atoms with Crippen molar-refractivity contribution in [2.24, 2.45) is 0 Å². The standard InChI is InChI=1S/C10H18N4O/c1-13(2)4-5-14(3)10(15)9-6-8(11)7-12-9/h6-7,12H,4-5,11H2,1-3H3. The molecule has 0 spiro atoms.